The van der Waals surface area contributed by atoms with Crippen molar-refractivity contribution in [3.8, 4) is 0 Å². The van der Waals surface area contributed by atoms with Crippen molar-refractivity contribution in [2.75, 3.05) is 7.05 Å². The van der Waals surface area contributed by atoms with Crippen molar-refractivity contribution in [3.05, 3.63) is 65.5 Å². The Morgan fingerprint density at radius 2 is 1.84 bits per heavy atom. The van der Waals surface area contributed by atoms with Crippen LogP contribution in [0, 0.1) is 6.92 Å². The molecular formula is C20H23N3O2. The fourth-order valence-electron chi connectivity index (χ4n) is 3.17. The maximum Gasteiger partial charge on any atom is 0.245 e. The molecule has 1 fully saturated rings. The van der Waals surface area contributed by atoms with Gasteiger partial charge in [-0.3, -0.25) is 14.6 Å². The van der Waals surface area contributed by atoms with Crippen molar-refractivity contribution in [2.45, 2.75) is 38.9 Å². The van der Waals surface area contributed by atoms with E-state index < -0.39 is 0 Å². The summed E-state index contributed by atoms with van der Waals surface area (Å²) < 4.78 is 0. The normalized spacial score (nSPS) is 17.0. The molecule has 2 heterocycles. The number of carbonyl (C=O) groups excluding carboxylic acids is 2. The third kappa shape index (κ3) is 4.05. The van der Waals surface area contributed by atoms with E-state index in [1.54, 1.807) is 29.2 Å². The van der Waals surface area contributed by atoms with Gasteiger partial charge >= 0.3 is 0 Å². The molecule has 1 aliphatic heterocycles. The number of hydrogen-bond donors (Lipinski definition) is 0. The summed E-state index contributed by atoms with van der Waals surface area (Å²) in [7, 11) is 1.79. The highest BCUT2D eigenvalue weighted by Gasteiger charge is 2.37. The second-order valence-electron chi connectivity index (χ2n) is 6.61. The SMILES string of the molecule is Cc1ccc(CN2C(=O)CC[C@@H]2C(=O)N(C)Cc2ccncc2)cc1. The van der Waals surface area contributed by atoms with E-state index in [2.05, 4.69) is 4.98 Å². The van der Waals surface area contributed by atoms with Crippen LogP contribution in [0.3, 0.4) is 0 Å². The predicted molar refractivity (Wildman–Crippen MR) is 95.5 cm³/mol. The Morgan fingerprint density at radius 3 is 2.52 bits per heavy atom. The first-order valence-corrected chi connectivity index (χ1v) is 8.53. The van der Waals surface area contributed by atoms with Crippen molar-refractivity contribution < 1.29 is 9.59 Å². The van der Waals surface area contributed by atoms with Crippen LogP contribution in [-0.2, 0) is 22.7 Å². The lowest BCUT2D eigenvalue weighted by atomic mass is 10.1. The zero-order valence-corrected chi connectivity index (χ0v) is 14.7. The first kappa shape index (κ1) is 17.1. The summed E-state index contributed by atoms with van der Waals surface area (Å²) in [5.74, 6) is 0.0472. The zero-order valence-electron chi connectivity index (χ0n) is 14.7. The van der Waals surface area contributed by atoms with Crippen LogP contribution >= 0.6 is 0 Å². The number of rotatable bonds is 5. The highest BCUT2D eigenvalue weighted by Crippen LogP contribution is 2.23. The smallest absolute Gasteiger partial charge is 0.245 e. The number of carbonyl (C=O) groups is 2. The van der Waals surface area contributed by atoms with E-state index in [0.29, 0.717) is 25.9 Å². The van der Waals surface area contributed by atoms with Gasteiger partial charge in [0.2, 0.25) is 11.8 Å². The van der Waals surface area contributed by atoms with Gasteiger partial charge in [-0.25, -0.2) is 0 Å². The molecule has 0 unspecified atom stereocenters. The van der Waals surface area contributed by atoms with Gasteiger partial charge in [0.15, 0.2) is 0 Å². The van der Waals surface area contributed by atoms with Gasteiger partial charge < -0.3 is 9.80 Å². The Hall–Kier alpha value is -2.69. The summed E-state index contributed by atoms with van der Waals surface area (Å²) in [5.41, 5.74) is 3.26. The van der Waals surface area contributed by atoms with Crippen LogP contribution in [-0.4, -0.2) is 39.7 Å². The first-order chi connectivity index (χ1) is 12.0. The topological polar surface area (TPSA) is 53.5 Å². The summed E-state index contributed by atoms with van der Waals surface area (Å²) in [5, 5.41) is 0. The van der Waals surface area contributed by atoms with Crippen molar-refractivity contribution in [1.29, 1.82) is 0 Å². The van der Waals surface area contributed by atoms with Crippen LogP contribution in [0.5, 0.6) is 0 Å². The predicted octanol–water partition coefficient (Wildman–Crippen LogP) is 2.54. The molecule has 1 aromatic carbocycles. The number of benzene rings is 1. The van der Waals surface area contributed by atoms with Gasteiger partial charge in [-0.1, -0.05) is 29.8 Å². The van der Waals surface area contributed by atoms with Crippen LogP contribution in [0.2, 0.25) is 0 Å². The molecule has 5 heteroatoms. The quantitative estimate of drug-likeness (QED) is 0.842. The second kappa shape index (κ2) is 7.47. The molecule has 2 aromatic rings. The minimum absolute atomic E-state index is 0.00484. The van der Waals surface area contributed by atoms with Crippen molar-refractivity contribution >= 4 is 11.8 Å². The van der Waals surface area contributed by atoms with E-state index in [4.69, 9.17) is 0 Å². The van der Waals surface area contributed by atoms with Crippen molar-refractivity contribution in [1.82, 2.24) is 14.8 Å². The lowest BCUT2D eigenvalue weighted by Gasteiger charge is -2.28. The molecule has 0 saturated carbocycles. The Bertz CT molecular complexity index is 743. The molecule has 0 bridgehead atoms. The standard InChI is InChI=1S/C20H23N3O2/c1-15-3-5-16(6-4-15)14-23-18(7-8-19(23)24)20(25)22(2)13-17-9-11-21-12-10-17/h3-6,9-12,18H,7-8,13-14H2,1-2H3/t18-/m1/s1. The Labute approximate surface area is 148 Å². The molecular weight excluding hydrogens is 314 g/mol. The minimum Gasteiger partial charge on any atom is -0.340 e. The van der Waals surface area contributed by atoms with Gasteiger partial charge in [0.1, 0.15) is 6.04 Å². The molecule has 1 aromatic heterocycles. The number of hydrogen-bond acceptors (Lipinski definition) is 3. The summed E-state index contributed by atoms with van der Waals surface area (Å²) in [6.45, 7) is 3.04. The number of pyridine rings is 1. The average molecular weight is 337 g/mol. The number of amides is 2. The number of aryl methyl sites for hydroxylation is 1. The molecule has 1 saturated heterocycles. The van der Waals surface area contributed by atoms with E-state index in [-0.39, 0.29) is 17.9 Å². The summed E-state index contributed by atoms with van der Waals surface area (Å²) in [6, 6.07) is 11.5. The highest BCUT2D eigenvalue weighted by molar-refractivity contribution is 5.90. The van der Waals surface area contributed by atoms with E-state index in [1.807, 2.05) is 43.3 Å². The third-order valence-corrected chi connectivity index (χ3v) is 4.63. The largest absolute Gasteiger partial charge is 0.340 e. The number of likely N-dealkylation sites (tertiary alicyclic amines) is 1. The maximum atomic E-state index is 12.9. The van der Waals surface area contributed by atoms with Crippen molar-refractivity contribution in [3.63, 3.8) is 0 Å². The van der Waals surface area contributed by atoms with Crippen LogP contribution in [0.25, 0.3) is 0 Å². The molecule has 0 aliphatic carbocycles. The van der Waals surface area contributed by atoms with Crippen LogP contribution in [0.4, 0.5) is 0 Å². The van der Waals surface area contributed by atoms with E-state index >= 15 is 0 Å². The summed E-state index contributed by atoms with van der Waals surface area (Å²) >= 11 is 0. The van der Waals surface area contributed by atoms with Crippen molar-refractivity contribution in [2.24, 2.45) is 0 Å². The number of aromatic nitrogens is 1. The minimum atomic E-state index is -0.374. The molecule has 1 atom stereocenters. The molecule has 3 rings (SSSR count). The number of likely N-dealkylation sites (N-methyl/N-ethyl adjacent to an activating group) is 1. The van der Waals surface area contributed by atoms with Gasteiger partial charge in [-0.05, 0) is 36.6 Å². The Balaban J connectivity index is 1.69. The van der Waals surface area contributed by atoms with Gasteiger partial charge in [-0.15, -0.1) is 0 Å². The molecule has 0 radical (unpaired) electrons. The Kier molecular flexibility index (Phi) is 5.12. The van der Waals surface area contributed by atoms with Gasteiger partial charge in [0.05, 0.1) is 0 Å². The molecule has 130 valence electrons. The molecule has 25 heavy (non-hydrogen) atoms. The second-order valence-corrected chi connectivity index (χ2v) is 6.61. The maximum absolute atomic E-state index is 12.9. The lowest BCUT2D eigenvalue weighted by Crippen LogP contribution is -2.44. The van der Waals surface area contributed by atoms with Gasteiger partial charge in [0.25, 0.3) is 0 Å². The summed E-state index contributed by atoms with van der Waals surface area (Å²) in [6.07, 6.45) is 4.46. The van der Waals surface area contributed by atoms with Crippen LogP contribution in [0.15, 0.2) is 48.8 Å². The fraction of sp³-hybridized carbons (Fsp3) is 0.350. The highest BCUT2D eigenvalue weighted by atomic mass is 16.2. The van der Waals surface area contributed by atoms with Crippen LogP contribution < -0.4 is 0 Å². The van der Waals surface area contributed by atoms with Crippen LogP contribution in [0.1, 0.15) is 29.5 Å². The van der Waals surface area contributed by atoms with Gasteiger partial charge in [-0.2, -0.15) is 0 Å². The third-order valence-electron chi connectivity index (χ3n) is 4.63. The molecule has 0 spiro atoms. The van der Waals surface area contributed by atoms with E-state index in [0.717, 1.165) is 11.1 Å². The van der Waals surface area contributed by atoms with E-state index in [9.17, 15) is 9.59 Å². The zero-order chi connectivity index (χ0) is 17.8. The molecule has 2 amide bonds. The summed E-state index contributed by atoms with van der Waals surface area (Å²) in [4.78, 5) is 32.6. The lowest BCUT2D eigenvalue weighted by molar-refractivity contribution is -0.141. The average Bonchev–Trinajstić information content (AvgIpc) is 2.98. The number of nitrogens with zero attached hydrogens (tertiary/aromatic N) is 3. The van der Waals surface area contributed by atoms with Gasteiger partial charge in [0, 0.05) is 39.0 Å². The first-order valence-electron chi connectivity index (χ1n) is 8.53. The fourth-order valence-corrected chi connectivity index (χ4v) is 3.17. The monoisotopic (exact) mass is 337 g/mol. The molecule has 0 N–H and O–H groups in total. The molecule has 1 aliphatic rings. The van der Waals surface area contributed by atoms with E-state index in [1.165, 1.54) is 5.56 Å². The molecule has 5 nitrogen and oxygen atoms in total. The Morgan fingerprint density at radius 1 is 1.16 bits per heavy atom.